The van der Waals surface area contributed by atoms with Gasteiger partial charge in [0.2, 0.25) is 5.91 Å². The molecule has 5 heteroatoms. The second kappa shape index (κ2) is 13.2. The lowest BCUT2D eigenvalue weighted by Crippen LogP contribution is -2.31. The van der Waals surface area contributed by atoms with E-state index in [1.54, 1.807) is 11.0 Å². The Bertz CT molecular complexity index is 610. The van der Waals surface area contributed by atoms with Crippen molar-refractivity contribution in [1.29, 1.82) is 0 Å². The minimum atomic E-state index is -0.00289. The van der Waals surface area contributed by atoms with Crippen LogP contribution in [-0.4, -0.2) is 43.9 Å². The summed E-state index contributed by atoms with van der Waals surface area (Å²) in [5.41, 5.74) is 2.18. The molecule has 0 bridgehead atoms. The predicted octanol–water partition coefficient (Wildman–Crippen LogP) is 5.31. The summed E-state index contributed by atoms with van der Waals surface area (Å²) in [5.74, 6) is 0.0178. The van der Waals surface area contributed by atoms with E-state index >= 15 is 0 Å². The molecule has 0 atom stereocenters. The first-order valence-electron chi connectivity index (χ1n) is 10.8. The molecule has 2 amide bonds. The van der Waals surface area contributed by atoms with Gasteiger partial charge >= 0.3 is 0 Å². The molecule has 1 rings (SSSR count). The van der Waals surface area contributed by atoms with Crippen molar-refractivity contribution in [3.8, 4) is 0 Å². The van der Waals surface area contributed by atoms with Crippen LogP contribution in [0.5, 0.6) is 0 Å². The summed E-state index contributed by atoms with van der Waals surface area (Å²) in [4.78, 5) is 28.9. The lowest BCUT2D eigenvalue weighted by Gasteiger charge is -2.23. The zero-order chi connectivity index (χ0) is 20.9. The Kier molecular flexibility index (Phi) is 11.3. The fourth-order valence-electron chi connectivity index (χ4n) is 3.32. The number of amides is 2. The third kappa shape index (κ3) is 7.91. The van der Waals surface area contributed by atoms with Crippen LogP contribution in [0.1, 0.15) is 82.5 Å². The van der Waals surface area contributed by atoms with Gasteiger partial charge in [-0.1, -0.05) is 45.4 Å². The minimum Gasteiger partial charge on any atom is -0.377 e. The van der Waals surface area contributed by atoms with Crippen LogP contribution in [0.4, 0.5) is 11.4 Å². The van der Waals surface area contributed by atoms with Crippen molar-refractivity contribution in [1.82, 2.24) is 4.90 Å². The fourth-order valence-corrected chi connectivity index (χ4v) is 3.32. The van der Waals surface area contributed by atoms with E-state index in [2.05, 4.69) is 12.2 Å². The Morgan fingerprint density at radius 3 is 2.07 bits per heavy atom. The summed E-state index contributed by atoms with van der Waals surface area (Å²) in [6, 6.07) is 5.58. The molecule has 0 aliphatic carbocycles. The summed E-state index contributed by atoms with van der Waals surface area (Å²) < 4.78 is 0. The van der Waals surface area contributed by atoms with Gasteiger partial charge < -0.3 is 15.1 Å². The number of carbonyl (C=O) groups excluding carboxylic acids is 2. The molecular weight excluding hydrogens is 350 g/mol. The molecular formula is C23H39N3O2. The Morgan fingerprint density at radius 1 is 0.893 bits per heavy atom. The third-order valence-corrected chi connectivity index (χ3v) is 5.05. The van der Waals surface area contributed by atoms with Crippen molar-refractivity contribution in [2.75, 3.05) is 37.4 Å². The number of unbranched alkanes of at least 4 members (excludes halogenated alkanes) is 6. The van der Waals surface area contributed by atoms with Gasteiger partial charge in [-0.05, 0) is 38.5 Å². The summed E-state index contributed by atoms with van der Waals surface area (Å²) in [6.07, 6.45) is 8.87. The summed E-state index contributed by atoms with van der Waals surface area (Å²) in [7, 11) is 3.85. The molecule has 0 aliphatic rings. The average molecular weight is 390 g/mol. The van der Waals surface area contributed by atoms with Crippen LogP contribution in [0.2, 0.25) is 0 Å². The van der Waals surface area contributed by atoms with Crippen LogP contribution in [0, 0.1) is 0 Å². The smallest absolute Gasteiger partial charge is 0.256 e. The molecule has 0 radical (unpaired) electrons. The first-order valence-corrected chi connectivity index (χ1v) is 10.8. The highest BCUT2D eigenvalue weighted by Gasteiger charge is 2.18. The molecule has 5 nitrogen and oxygen atoms in total. The van der Waals surface area contributed by atoms with E-state index in [1.807, 2.05) is 45.0 Å². The number of rotatable bonds is 13. The van der Waals surface area contributed by atoms with Gasteiger partial charge in [0.25, 0.3) is 5.91 Å². The lowest BCUT2D eigenvalue weighted by molar-refractivity contribution is -0.116. The second-order valence-corrected chi connectivity index (χ2v) is 7.52. The maximum absolute atomic E-state index is 12.9. The first-order chi connectivity index (χ1) is 13.4. The van der Waals surface area contributed by atoms with Gasteiger partial charge in [0.15, 0.2) is 0 Å². The van der Waals surface area contributed by atoms with Gasteiger partial charge in [0.1, 0.15) is 0 Å². The maximum atomic E-state index is 12.9. The molecule has 0 saturated carbocycles. The third-order valence-electron chi connectivity index (χ3n) is 5.05. The van der Waals surface area contributed by atoms with Crippen molar-refractivity contribution in [3.05, 3.63) is 23.8 Å². The zero-order valence-corrected chi connectivity index (χ0v) is 18.5. The number of anilines is 2. The monoisotopic (exact) mass is 389 g/mol. The highest BCUT2D eigenvalue weighted by atomic mass is 16.2. The van der Waals surface area contributed by atoms with Crippen molar-refractivity contribution < 1.29 is 9.59 Å². The SMILES string of the molecule is CCCCCCCCCC(=O)Nc1ccc(N(C)C)c(C(=O)N(CC)CC)c1. The molecule has 0 heterocycles. The Labute approximate surface area is 171 Å². The maximum Gasteiger partial charge on any atom is 0.256 e. The van der Waals surface area contributed by atoms with E-state index in [-0.39, 0.29) is 11.8 Å². The largest absolute Gasteiger partial charge is 0.377 e. The topological polar surface area (TPSA) is 52.7 Å². The molecule has 0 fully saturated rings. The Balaban J connectivity index is 2.67. The highest BCUT2D eigenvalue weighted by Crippen LogP contribution is 2.25. The molecule has 0 unspecified atom stereocenters. The number of nitrogens with zero attached hydrogens (tertiary/aromatic N) is 2. The molecule has 0 saturated heterocycles. The minimum absolute atomic E-state index is 0.00289. The van der Waals surface area contributed by atoms with E-state index in [9.17, 15) is 9.59 Å². The van der Waals surface area contributed by atoms with E-state index in [0.717, 1.165) is 18.5 Å². The van der Waals surface area contributed by atoms with Gasteiger partial charge in [-0.3, -0.25) is 9.59 Å². The summed E-state index contributed by atoms with van der Waals surface area (Å²) >= 11 is 0. The van der Waals surface area contributed by atoms with Crippen LogP contribution in [0.25, 0.3) is 0 Å². The molecule has 28 heavy (non-hydrogen) atoms. The van der Waals surface area contributed by atoms with Crippen molar-refractivity contribution in [3.63, 3.8) is 0 Å². The predicted molar refractivity (Wildman–Crippen MR) is 119 cm³/mol. The Hall–Kier alpha value is -2.04. The van der Waals surface area contributed by atoms with E-state index in [4.69, 9.17) is 0 Å². The van der Waals surface area contributed by atoms with Crippen molar-refractivity contribution in [2.24, 2.45) is 0 Å². The van der Waals surface area contributed by atoms with E-state index in [0.29, 0.717) is 30.8 Å². The van der Waals surface area contributed by atoms with Crippen LogP contribution >= 0.6 is 0 Å². The highest BCUT2D eigenvalue weighted by molar-refractivity contribution is 6.02. The molecule has 0 aromatic heterocycles. The fraction of sp³-hybridized carbons (Fsp3) is 0.652. The van der Waals surface area contributed by atoms with Crippen LogP contribution in [0.3, 0.4) is 0 Å². The lowest BCUT2D eigenvalue weighted by atomic mass is 10.1. The number of benzene rings is 1. The van der Waals surface area contributed by atoms with Crippen LogP contribution in [-0.2, 0) is 4.79 Å². The molecule has 158 valence electrons. The quantitative estimate of drug-likeness (QED) is 0.465. The summed E-state index contributed by atoms with van der Waals surface area (Å²) in [6.45, 7) is 7.50. The van der Waals surface area contributed by atoms with Crippen molar-refractivity contribution in [2.45, 2.75) is 72.1 Å². The van der Waals surface area contributed by atoms with E-state index < -0.39 is 0 Å². The normalized spacial score (nSPS) is 10.6. The van der Waals surface area contributed by atoms with Crippen molar-refractivity contribution >= 4 is 23.2 Å². The Morgan fingerprint density at radius 2 is 1.50 bits per heavy atom. The number of hydrogen-bond acceptors (Lipinski definition) is 3. The van der Waals surface area contributed by atoms with E-state index in [1.165, 1.54) is 32.1 Å². The number of carbonyl (C=O) groups is 2. The molecule has 0 spiro atoms. The zero-order valence-electron chi connectivity index (χ0n) is 18.5. The number of nitrogens with one attached hydrogen (secondary N) is 1. The van der Waals surface area contributed by atoms with Gasteiger partial charge in [-0.2, -0.15) is 0 Å². The molecule has 1 aromatic rings. The van der Waals surface area contributed by atoms with Crippen LogP contribution in [0.15, 0.2) is 18.2 Å². The second-order valence-electron chi connectivity index (χ2n) is 7.52. The average Bonchev–Trinajstić information content (AvgIpc) is 2.67. The molecule has 1 N–H and O–H groups in total. The molecule has 0 aliphatic heterocycles. The van der Waals surface area contributed by atoms with Gasteiger partial charge in [0, 0.05) is 45.0 Å². The van der Waals surface area contributed by atoms with Gasteiger partial charge in [-0.15, -0.1) is 0 Å². The number of hydrogen-bond donors (Lipinski definition) is 1. The summed E-state index contributed by atoms with van der Waals surface area (Å²) in [5, 5.41) is 2.96. The first kappa shape index (κ1) is 24.0. The standard InChI is InChI=1S/C23H39N3O2/c1-6-9-10-11-12-13-14-15-22(27)24-19-16-17-21(25(4)5)20(18-19)23(28)26(7-2)8-3/h16-18H,6-15H2,1-5H3,(H,24,27). The van der Waals surface area contributed by atoms with Gasteiger partial charge in [0.05, 0.1) is 5.56 Å². The molecule has 1 aromatic carbocycles. The van der Waals surface area contributed by atoms with Gasteiger partial charge in [-0.25, -0.2) is 0 Å². The van der Waals surface area contributed by atoms with Crippen LogP contribution < -0.4 is 10.2 Å².